The number of amides is 1. The van der Waals surface area contributed by atoms with Crippen molar-refractivity contribution in [2.24, 2.45) is 0 Å². The van der Waals surface area contributed by atoms with Crippen LogP contribution in [-0.2, 0) is 26.7 Å². The first-order chi connectivity index (χ1) is 14.5. The van der Waals surface area contributed by atoms with Gasteiger partial charge in [0.15, 0.2) is 5.82 Å². The molecule has 31 heavy (non-hydrogen) atoms. The van der Waals surface area contributed by atoms with Gasteiger partial charge in [0, 0.05) is 23.9 Å². The monoisotopic (exact) mass is 462 g/mol. The van der Waals surface area contributed by atoms with Crippen LogP contribution >= 0.6 is 11.6 Å². The number of carbonyl (C=O) groups is 1. The molecule has 0 spiro atoms. The Balaban J connectivity index is 1.64. The van der Waals surface area contributed by atoms with Crippen molar-refractivity contribution in [1.82, 2.24) is 10.1 Å². The first kappa shape index (κ1) is 22.8. The molecule has 0 saturated carbocycles. The molecule has 0 atom stereocenters. The van der Waals surface area contributed by atoms with Gasteiger partial charge in [-0.25, -0.2) is 8.42 Å². The molecule has 0 aliphatic rings. The van der Waals surface area contributed by atoms with E-state index in [-0.39, 0.29) is 39.8 Å². The minimum Gasteiger partial charge on any atom is -0.339 e. The normalized spacial score (nSPS) is 11.9. The van der Waals surface area contributed by atoms with E-state index in [0.29, 0.717) is 17.4 Å². The topological polar surface area (TPSA) is 114 Å². The zero-order valence-corrected chi connectivity index (χ0v) is 18.9. The van der Waals surface area contributed by atoms with E-state index in [0.717, 1.165) is 0 Å². The molecule has 2 aromatic carbocycles. The van der Waals surface area contributed by atoms with Crippen LogP contribution in [0.4, 0.5) is 11.4 Å². The summed E-state index contributed by atoms with van der Waals surface area (Å²) in [7, 11) is -3.88. The summed E-state index contributed by atoms with van der Waals surface area (Å²) in [6.45, 7) is 5.90. The Morgan fingerprint density at radius 3 is 2.55 bits per heavy atom. The van der Waals surface area contributed by atoms with Crippen LogP contribution in [0.15, 0.2) is 57.9 Å². The highest BCUT2D eigenvalue weighted by molar-refractivity contribution is 7.92. The first-order valence-corrected chi connectivity index (χ1v) is 11.4. The Morgan fingerprint density at radius 2 is 1.87 bits per heavy atom. The quantitative estimate of drug-likeness (QED) is 0.538. The number of aromatic nitrogens is 2. The summed E-state index contributed by atoms with van der Waals surface area (Å²) in [5.41, 5.74) is 0.384. The van der Waals surface area contributed by atoms with Crippen molar-refractivity contribution < 1.29 is 17.7 Å². The largest absolute Gasteiger partial charge is 0.339 e. The van der Waals surface area contributed by atoms with Crippen LogP contribution in [-0.4, -0.2) is 24.5 Å². The number of hydrogen-bond acceptors (Lipinski definition) is 6. The van der Waals surface area contributed by atoms with Crippen LogP contribution in [0.5, 0.6) is 0 Å². The van der Waals surface area contributed by atoms with E-state index >= 15 is 0 Å². The van der Waals surface area contributed by atoms with Gasteiger partial charge in [-0.05, 0) is 30.3 Å². The van der Waals surface area contributed by atoms with Gasteiger partial charge in [-0.15, -0.1) is 0 Å². The van der Waals surface area contributed by atoms with Gasteiger partial charge in [-0.2, -0.15) is 4.98 Å². The molecule has 1 aromatic heterocycles. The fourth-order valence-corrected chi connectivity index (χ4v) is 3.96. The second kappa shape index (κ2) is 9.07. The summed E-state index contributed by atoms with van der Waals surface area (Å²) in [5.74, 6) is 0.649. The fraction of sp³-hybridized carbons (Fsp3) is 0.286. The number of sulfonamides is 1. The average Bonchev–Trinajstić information content (AvgIpc) is 3.18. The van der Waals surface area contributed by atoms with Gasteiger partial charge in [0.2, 0.25) is 11.8 Å². The van der Waals surface area contributed by atoms with Crippen LogP contribution in [0.2, 0.25) is 5.02 Å². The summed E-state index contributed by atoms with van der Waals surface area (Å²) in [5, 5.41) is 6.90. The Morgan fingerprint density at radius 1 is 1.13 bits per heavy atom. The average molecular weight is 463 g/mol. The molecule has 3 aromatic rings. The lowest BCUT2D eigenvalue weighted by atomic mass is 9.96. The zero-order valence-electron chi connectivity index (χ0n) is 17.3. The summed E-state index contributed by atoms with van der Waals surface area (Å²) in [6, 6.07) is 12.5. The van der Waals surface area contributed by atoms with E-state index in [4.69, 9.17) is 16.1 Å². The second-order valence-corrected chi connectivity index (χ2v) is 10.0. The molecule has 164 valence electrons. The lowest BCUT2D eigenvalue weighted by Crippen LogP contribution is -2.15. The number of nitrogens with zero attached hydrogens (tertiary/aromatic N) is 2. The number of para-hydroxylation sites is 1. The van der Waals surface area contributed by atoms with E-state index in [9.17, 15) is 13.2 Å². The number of aryl methyl sites for hydroxylation is 1. The molecule has 0 aliphatic heterocycles. The van der Waals surface area contributed by atoms with Gasteiger partial charge in [0.1, 0.15) is 0 Å². The number of hydrogen-bond donors (Lipinski definition) is 2. The minimum absolute atomic E-state index is 0.00283. The summed E-state index contributed by atoms with van der Waals surface area (Å²) < 4.78 is 33.0. The van der Waals surface area contributed by atoms with Crippen molar-refractivity contribution in [2.45, 2.75) is 43.9 Å². The molecule has 0 radical (unpaired) electrons. The second-order valence-electron chi connectivity index (χ2n) is 7.92. The standard InChI is InChI=1S/C21H23ClN4O4S/c1-21(2,3)20-24-19(30-25-20)12-11-18(27)23-14-7-6-8-15(13-14)31(28,29)26-17-10-5-4-9-16(17)22/h4-10,13,26H,11-12H2,1-3H3,(H,23,27). The number of nitrogens with one attached hydrogen (secondary N) is 2. The van der Waals surface area contributed by atoms with Gasteiger partial charge >= 0.3 is 0 Å². The van der Waals surface area contributed by atoms with Crippen molar-refractivity contribution in [3.8, 4) is 0 Å². The Hall–Kier alpha value is -2.91. The van der Waals surface area contributed by atoms with Gasteiger partial charge < -0.3 is 9.84 Å². The van der Waals surface area contributed by atoms with Crippen molar-refractivity contribution in [3.63, 3.8) is 0 Å². The third-order valence-electron chi connectivity index (χ3n) is 4.25. The molecule has 2 N–H and O–H groups in total. The molecule has 10 heteroatoms. The maximum atomic E-state index is 12.7. The van der Waals surface area contributed by atoms with Crippen molar-refractivity contribution >= 4 is 38.9 Å². The molecule has 0 fully saturated rings. The lowest BCUT2D eigenvalue weighted by Gasteiger charge is -2.11. The minimum atomic E-state index is -3.88. The highest BCUT2D eigenvalue weighted by Crippen LogP contribution is 2.25. The zero-order chi connectivity index (χ0) is 22.6. The van der Waals surface area contributed by atoms with Crippen molar-refractivity contribution in [3.05, 3.63) is 65.3 Å². The molecule has 1 heterocycles. The molecule has 1 amide bonds. The van der Waals surface area contributed by atoms with Crippen molar-refractivity contribution in [2.75, 3.05) is 10.0 Å². The molecular formula is C21H23ClN4O4S. The van der Waals surface area contributed by atoms with E-state index in [1.807, 2.05) is 20.8 Å². The number of carbonyl (C=O) groups excluding carboxylic acids is 1. The van der Waals surface area contributed by atoms with Crippen LogP contribution in [0.3, 0.4) is 0 Å². The van der Waals surface area contributed by atoms with Crippen LogP contribution in [0, 0.1) is 0 Å². The van der Waals surface area contributed by atoms with Crippen molar-refractivity contribution in [1.29, 1.82) is 0 Å². The van der Waals surface area contributed by atoms with Crippen LogP contribution in [0.25, 0.3) is 0 Å². The van der Waals surface area contributed by atoms with E-state index in [1.165, 1.54) is 12.1 Å². The number of halogens is 1. The molecule has 0 saturated heterocycles. The predicted octanol–water partition coefficient (Wildman–Crippen LogP) is 4.39. The Bertz CT molecular complexity index is 1190. The van der Waals surface area contributed by atoms with Gasteiger partial charge in [-0.1, -0.05) is 55.7 Å². The number of anilines is 2. The highest BCUT2D eigenvalue weighted by atomic mass is 35.5. The molecule has 8 nitrogen and oxygen atoms in total. The number of benzene rings is 2. The molecular weight excluding hydrogens is 440 g/mol. The third kappa shape index (κ3) is 6.05. The lowest BCUT2D eigenvalue weighted by molar-refractivity contribution is -0.116. The summed E-state index contributed by atoms with van der Waals surface area (Å²) in [4.78, 5) is 16.6. The maximum Gasteiger partial charge on any atom is 0.262 e. The fourth-order valence-electron chi connectivity index (χ4n) is 2.59. The molecule has 0 unspecified atom stereocenters. The van der Waals surface area contributed by atoms with Gasteiger partial charge in [0.25, 0.3) is 10.0 Å². The summed E-state index contributed by atoms with van der Waals surface area (Å²) >= 11 is 6.03. The third-order valence-corrected chi connectivity index (χ3v) is 5.94. The van der Waals surface area contributed by atoms with Crippen LogP contribution in [0.1, 0.15) is 38.9 Å². The highest BCUT2D eigenvalue weighted by Gasteiger charge is 2.21. The van der Waals surface area contributed by atoms with E-state index in [2.05, 4.69) is 20.2 Å². The molecule has 3 rings (SSSR count). The maximum absolute atomic E-state index is 12.7. The Kier molecular flexibility index (Phi) is 6.66. The summed E-state index contributed by atoms with van der Waals surface area (Å²) in [6.07, 6.45) is 0.390. The smallest absolute Gasteiger partial charge is 0.262 e. The van der Waals surface area contributed by atoms with E-state index in [1.54, 1.807) is 36.4 Å². The van der Waals surface area contributed by atoms with Gasteiger partial charge in [0.05, 0.1) is 15.6 Å². The Labute approximate surface area is 186 Å². The predicted molar refractivity (Wildman–Crippen MR) is 119 cm³/mol. The first-order valence-electron chi connectivity index (χ1n) is 9.55. The van der Waals surface area contributed by atoms with E-state index < -0.39 is 10.0 Å². The molecule has 0 bridgehead atoms. The SMILES string of the molecule is CC(C)(C)c1noc(CCC(=O)Nc2cccc(S(=O)(=O)Nc3ccccc3Cl)c2)n1. The van der Waals surface area contributed by atoms with Crippen LogP contribution < -0.4 is 10.0 Å². The van der Waals surface area contributed by atoms with Gasteiger partial charge in [-0.3, -0.25) is 9.52 Å². The molecule has 0 aliphatic carbocycles. The number of rotatable bonds is 7.